The summed E-state index contributed by atoms with van der Waals surface area (Å²) in [5.74, 6) is 1.19. The SMILES string of the molecule is CC(C)c1ccc(O)cc1.Cc1cccc(C(C)(C)c2ccc(O)cc2)c1. The van der Waals surface area contributed by atoms with Crippen LogP contribution in [0.15, 0.2) is 72.8 Å². The lowest BCUT2D eigenvalue weighted by Gasteiger charge is -2.26. The fourth-order valence-electron chi connectivity index (χ4n) is 2.94. The lowest BCUT2D eigenvalue weighted by molar-refractivity contribution is 0.474. The summed E-state index contributed by atoms with van der Waals surface area (Å²) in [7, 11) is 0. The highest BCUT2D eigenvalue weighted by atomic mass is 16.3. The quantitative estimate of drug-likeness (QED) is 0.555. The molecule has 0 saturated carbocycles. The number of aromatic hydroxyl groups is 2. The number of hydrogen-bond donors (Lipinski definition) is 2. The standard InChI is InChI=1S/C16H18O.C9H12O/c1-12-5-4-6-14(11-12)16(2,3)13-7-9-15(17)10-8-13;1-7(2)8-3-5-9(10)6-4-8/h4-11,17H,1-3H3;3-7,10H,1-2H3. The first-order valence-corrected chi connectivity index (χ1v) is 9.35. The van der Waals surface area contributed by atoms with Crippen LogP contribution in [0.5, 0.6) is 11.5 Å². The summed E-state index contributed by atoms with van der Waals surface area (Å²) in [5.41, 5.74) is 5.00. The van der Waals surface area contributed by atoms with Gasteiger partial charge in [-0.15, -0.1) is 0 Å². The molecule has 2 nitrogen and oxygen atoms in total. The Balaban J connectivity index is 0.000000223. The zero-order valence-electron chi connectivity index (χ0n) is 16.9. The van der Waals surface area contributed by atoms with E-state index in [1.165, 1.54) is 22.3 Å². The molecule has 0 atom stereocenters. The molecular weight excluding hydrogens is 332 g/mol. The first-order chi connectivity index (χ1) is 12.7. The fraction of sp³-hybridized carbons (Fsp3) is 0.280. The van der Waals surface area contributed by atoms with Gasteiger partial charge in [0.2, 0.25) is 0 Å². The van der Waals surface area contributed by atoms with Crippen molar-refractivity contribution in [1.82, 2.24) is 0 Å². The van der Waals surface area contributed by atoms with Crippen molar-refractivity contribution in [2.45, 2.75) is 46.0 Å². The maximum Gasteiger partial charge on any atom is 0.115 e. The third-order valence-electron chi connectivity index (χ3n) is 4.89. The Labute approximate surface area is 163 Å². The Morgan fingerprint density at radius 1 is 0.704 bits per heavy atom. The van der Waals surface area contributed by atoms with Gasteiger partial charge in [0.05, 0.1) is 0 Å². The predicted octanol–water partition coefficient (Wildman–Crippen LogP) is 6.54. The van der Waals surface area contributed by atoms with Crippen molar-refractivity contribution in [3.63, 3.8) is 0 Å². The number of hydrogen-bond acceptors (Lipinski definition) is 2. The van der Waals surface area contributed by atoms with Gasteiger partial charge in [-0.2, -0.15) is 0 Å². The maximum atomic E-state index is 9.34. The van der Waals surface area contributed by atoms with Crippen molar-refractivity contribution in [2.24, 2.45) is 0 Å². The molecule has 0 spiro atoms. The summed E-state index contributed by atoms with van der Waals surface area (Å²) in [6.07, 6.45) is 0. The lowest BCUT2D eigenvalue weighted by Crippen LogP contribution is -2.18. The van der Waals surface area contributed by atoms with Crippen molar-refractivity contribution in [3.8, 4) is 11.5 Å². The van der Waals surface area contributed by atoms with E-state index >= 15 is 0 Å². The number of phenolic OH excluding ortho intramolecular Hbond substituents is 2. The highest BCUT2D eigenvalue weighted by Gasteiger charge is 2.22. The Morgan fingerprint density at radius 2 is 1.22 bits per heavy atom. The molecule has 0 bridgehead atoms. The van der Waals surface area contributed by atoms with E-state index in [0.717, 1.165) is 0 Å². The molecule has 0 aliphatic heterocycles. The number of rotatable bonds is 3. The number of phenols is 2. The summed E-state index contributed by atoms with van der Waals surface area (Å²) in [6, 6.07) is 23.3. The van der Waals surface area contributed by atoms with Gasteiger partial charge < -0.3 is 10.2 Å². The lowest BCUT2D eigenvalue weighted by atomic mass is 9.78. The molecule has 0 fully saturated rings. The normalized spacial score (nSPS) is 11.0. The van der Waals surface area contributed by atoms with Gasteiger partial charge in [0, 0.05) is 5.41 Å². The van der Waals surface area contributed by atoms with Crippen molar-refractivity contribution in [2.75, 3.05) is 0 Å². The molecule has 0 unspecified atom stereocenters. The molecule has 0 heterocycles. The minimum absolute atomic E-state index is 0.0419. The van der Waals surface area contributed by atoms with Gasteiger partial charge in [-0.25, -0.2) is 0 Å². The third kappa shape index (κ3) is 5.62. The van der Waals surface area contributed by atoms with Crippen LogP contribution in [0.25, 0.3) is 0 Å². The molecule has 142 valence electrons. The fourth-order valence-corrected chi connectivity index (χ4v) is 2.94. The van der Waals surface area contributed by atoms with Gasteiger partial charge in [-0.05, 0) is 53.8 Å². The van der Waals surface area contributed by atoms with E-state index in [2.05, 4.69) is 58.9 Å². The molecule has 0 aromatic heterocycles. The Bertz CT molecular complexity index is 844. The van der Waals surface area contributed by atoms with E-state index in [1.807, 2.05) is 24.3 Å². The zero-order valence-corrected chi connectivity index (χ0v) is 16.9. The molecule has 3 aromatic carbocycles. The van der Waals surface area contributed by atoms with E-state index in [1.54, 1.807) is 24.3 Å². The zero-order chi connectivity index (χ0) is 20.0. The molecule has 0 amide bonds. The summed E-state index contributed by atoms with van der Waals surface area (Å²) in [6.45, 7) is 10.8. The number of aryl methyl sites for hydroxylation is 1. The topological polar surface area (TPSA) is 40.5 Å². The molecule has 0 radical (unpaired) electrons. The van der Waals surface area contributed by atoms with Crippen LogP contribution in [0.2, 0.25) is 0 Å². The second-order valence-electron chi connectivity index (χ2n) is 7.79. The van der Waals surface area contributed by atoms with Gasteiger partial charge in [0.15, 0.2) is 0 Å². The molecule has 0 aliphatic carbocycles. The Morgan fingerprint density at radius 3 is 1.70 bits per heavy atom. The molecule has 3 aromatic rings. The van der Waals surface area contributed by atoms with E-state index in [9.17, 15) is 5.11 Å². The van der Waals surface area contributed by atoms with Crippen LogP contribution in [0.1, 0.15) is 55.9 Å². The van der Waals surface area contributed by atoms with Gasteiger partial charge in [0.25, 0.3) is 0 Å². The third-order valence-corrected chi connectivity index (χ3v) is 4.89. The van der Waals surface area contributed by atoms with E-state index in [0.29, 0.717) is 17.4 Å². The van der Waals surface area contributed by atoms with Crippen molar-refractivity contribution < 1.29 is 10.2 Å². The van der Waals surface area contributed by atoms with Crippen LogP contribution in [-0.2, 0) is 5.41 Å². The highest BCUT2D eigenvalue weighted by molar-refractivity contribution is 5.40. The van der Waals surface area contributed by atoms with E-state index in [4.69, 9.17) is 5.11 Å². The largest absolute Gasteiger partial charge is 0.508 e. The molecule has 27 heavy (non-hydrogen) atoms. The van der Waals surface area contributed by atoms with Gasteiger partial charge in [0.1, 0.15) is 11.5 Å². The summed E-state index contributed by atoms with van der Waals surface area (Å²) < 4.78 is 0. The maximum absolute atomic E-state index is 9.34. The minimum Gasteiger partial charge on any atom is -0.508 e. The second kappa shape index (κ2) is 8.77. The van der Waals surface area contributed by atoms with Crippen LogP contribution < -0.4 is 0 Å². The summed E-state index contributed by atoms with van der Waals surface area (Å²) >= 11 is 0. The van der Waals surface area contributed by atoms with Crippen molar-refractivity contribution >= 4 is 0 Å². The molecule has 3 rings (SSSR count). The van der Waals surface area contributed by atoms with Crippen LogP contribution in [-0.4, -0.2) is 10.2 Å². The summed E-state index contributed by atoms with van der Waals surface area (Å²) in [4.78, 5) is 0. The highest BCUT2D eigenvalue weighted by Crippen LogP contribution is 2.32. The monoisotopic (exact) mass is 362 g/mol. The number of benzene rings is 3. The second-order valence-corrected chi connectivity index (χ2v) is 7.79. The van der Waals surface area contributed by atoms with Gasteiger partial charge in [-0.3, -0.25) is 0 Å². The molecular formula is C25H30O2. The smallest absolute Gasteiger partial charge is 0.115 e. The Kier molecular flexibility index (Phi) is 6.68. The minimum atomic E-state index is -0.0419. The average molecular weight is 363 g/mol. The van der Waals surface area contributed by atoms with E-state index < -0.39 is 0 Å². The summed E-state index contributed by atoms with van der Waals surface area (Å²) in [5, 5.41) is 18.3. The first kappa shape index (κ1) is 20.6. The van der Waals surface area contributed by atoms with E-state index in [-0.39, 0.29) is 5.41 Å². The van der Waals surface area contributed by atoms with Crippen LogP contribution in [0.4, 0.5) is 0 Å². The molecule has 0 aliphatic rings. The molecule has 2 N–H and O–H groups in total. The molecule has 2 heteroatoms. The van der Waals surface area contributed by atoms with Crippen LogP contribution >= 0.6 is 0 Å². The predicted molar refractivity (Wildman–Crippen MR) is 114 cm³/mol. The Hall–Kier alpha value is -2.74. The van der Waals surface area contributed by atoms with Crippen LogP contribution in [0, 0.1) is 6.92 Å². The first-order valence-electron chi connectivity index (χ1n) is 9.35. The average Bonchev–Trinajstić information content (AvgIpc) is 2.63. The van der Waals surface area contributed by atoms with Crippen molar-refractivity contribution in [1.29, 1.82) is 0 Å². The van der Waals surface area contributed by atoms with Gasteiger partial charge >= 0.3 is 0 Å². The van der Waals surface area contributed by atoms with Crippen LogP contribution in [0.3, 0.4) is 0 Å². The van der Waals surface area contributed by atoms with Crippen molar-refractivity contribution in [3.05, 3.63) is 95.1 Å². The molecule has 0 saturated heterocycles. The van der Waals surface area contributed by atoms with Gasteiger partial charge in [-0.1, -0.05) is 81.8 Å².